The van der Waals surface area contributed by atoms with Crippen LogP contribution in [-0.4, -0.2) is 25.5 Å². The average Bonchev–Trinajstić information content (AvgIpc) is 2.67. The average molecular weight is 393 g/mol. The smallest absolute Gasteiger partial charge is 0.227 e. The monoisotopic (exact) mass is 392 g/mol. The molecule has 2 aromatic rings. The number of hydrogen-bond acceptors (Lipinski definition) is 2. The first-order valence-electron chi connectivity index (χ1n) is 10.5. The van der Waals surface area contributed by atoms with Gasteiger partial charge >= 0.3 is 0 Å². The molecule has 5 heteroatoms. The van der Waals surface area contributed by atoms with E-state index in [0.717, 1.165) is 43.0 Å². The van der Waals surface area contributed by atoms with E-state index in [1.807, 2.05) is 24.3 Å². The van der Waals surface area contributed by atoms with Gasteiger partial charge in [0.2, 0.25) is 5.91 Å². The van der Waals surface area contributed by atoms with Gasteiger partial charge in [0.05, 0.1) is 0 Å². The number of aryl methyl sites for hydroxylation is 1. The normalized spacial score (nSPS) is 15.3. The molecule has 154 valence electrons. The van der Waals surface area contributed by atoms with Crippen LogP contribution in [0.2, 0.25) is 0 Å². The van der Waals surface area contributed by atoms with Crippen molar-refractivity contribution in [3.63, 3.8) is 0 Å². The molecule has 5 nitrogen and oxygen atoms in total. The maximum absolute atomic E-state index is 12.1. The quantitative estimate of drug-likeness (QED) is 0.489. The van der Waals surface area contributed by atoms with E-state index < -0.39 is 0 Å². The lowest BCUT2D eigenvalue weighted by atomic mass is 9.85. The van der Waals surface area contributed by atoms with Crippen LogP contribution in [0.1, 0.15) is 48.8 Å². The lowest BCUT2D eigenvalue weighted by molar-refractivity contribution is -0.122. The van der Waals surface area contributed by atoms with Gasteiger partial charge in [-0.2, -0.15) is 0 Å². The second-order valence-corrected chi connectivity index (χ2v) is 7.94. The number of hydrogen-bond donors (Lipinski definition) is 3. The number of carbonyl (C=O) groups is 1. The number of carbonyl (C=O) groups excluding carboxylic acids is 1. The van der Waals surface area contributed by atoms with Crippen molar-refractivity contribution in [3.8, 4) is 0 Å². The van der Waals surface area contributed by atoms with Crippen LogP contribution >= 0.6 is 0 Å². The van der Waals surface area contributed by atoms with Gasteiger partial charge in [-0.25, -0.2) is 0 Å². The Morgan fingerprint density at radius 3 is 2.55 bits per heavy atom. The molecule has 3 N–H and O–H groups in total. The van der Waals surface area contributed by atoms with Crippen LogP contribution in [0.4, 0.5) is 5.69 Å². The molecule has 1 atom stereocenters. The summed E-state index contributed by atoms with van der Waals surface area (Å²) in [5, 5.41) is 9.79. The molecule has 1 amide bonds. The van der Waals surface area contributed by atoms with Crippen LogP contribution in [0.3, 0.4) is 0 Å². The summed E-state index contributed by atoms with van der Waals surface area (Å²) in [6.45, 7) is 5.76. The first-order valence-corrected chi connectivity index (χ1v) is 10.5. The van der Waals surface area contributed by atoms with E-state index in [2.05, 4.69) is 59.1 Å². The first kappa shape index (κ1) is 20.9. The lowest BCUT2D eigenvalue weighted by Crippen LogP contribution is -2.38. The molecule has 3 rings (SSSR count). The molecular weight excluding hydrogens is 360 g/mol. The minimum Gasteiger partial charge on any atom is -0.356 e. The lowest BCUT2D eigenvalue weighted by Gasteiger charge is -2.24. The van der Waals surface area contributed by atoms with Gasteiger partial charge in [-0.1, -0.05) is 55.3 Å². The topological polar surface area (TPSA) is 65.5 Å². The molecule has 1 saturated carbocycles. The highest BCUT2D eigenvalue weighted by Gasteiger charge is 2.25. The van der Waals surface area contributed by atoms with Gasteiger partial charge in [-0.3, -0.25) is 9.79 Å². The van der Waals surface area contributed by atoms with Gasteiger partial charge in [-0.15, -0.1) is 0 Å². The van der Waals surface area contributed by atoms with Crippen LogP contribution in [0.25, 0.3) is 0 Å². The van der Waals surface area contributed by atoms with Crippen LogP contribution < -0.4 is 16.0 Å². The highest BCUT2D eigenvalue weighted by Crippen LogP contribution is 2.27. The van der Waals surface area contributed by atoms with Gasteiger partial charge in [0.25, 0.3) is 0 Å². The van der Waals surface area contributed by atoms with E-state index in [1.54, 1.807) is 7.05 Å². The summed E-state index contributed by atoms with van der Waals surface area (Å²) in [4.78, 5) is 16.5. The minimum absolute atomic E-state index is 0.143. The highest BCUT2D eigenvalue weighted by atomic mass is 16.1. The molecule has 0 aliphatic heterocycles. The van der Waals surface area contributed by atoms with Gasteiger partial charge < -0.3 is 16.0 Å². The molecule has 0 heterocycles. The number of amides is 1. The molecular formula is C24H32N4O. The van der Waals surface area contributed by atoms with Crippen LogP contribution in [0.5, 0.6) is 0 Å². The molecule has 1 aliphatic carbocycles. The molecule has 1 fully saturated rings. The Kier molecular flexibility index (Phi) is 7.28. The van der Waals surface area contributed by atoms with Gasteiger partial charge in [-0.05, 0) is 48.9 Å². The third kappa shape index (κ3) is 6.08. The van der Waals surface area contributed by atoms with E-state index >= 15 is 0 Å². The molecule has 0 aromatic heterocycles. The largest absolute Gasteiger partial charge is 0.356 e. The number of anilines is 1. The second kappa shape index (κ2) is 10.1. The summed E-state index contributed by atoms with van der Waals surface area (Å²) < 4.78 is 0. The third-order valence-electron chi connectivity index (χ3n) is 5.58. The number of benzene rings is 2. The molecule has 1 unspecified atom stereocenters. The zero-order valence-corrected chi connectivity index (χ0v) is 17.7. The second-order valence-electron chi connectivity index (χ2n) is 7.94. The zero-order valence-electron chi connectivity index (χ0n) is 17.7. The van der Waals surface area contributed by atoms with Crippen LogP contribution in [0.15, 0.2) is 53.5 Å². The third-order valence-corrected chi connectivity index (χ3v) is 5.58. The molecule has 0 radical (unpaired) electrons. The predicted molar refractivity (Wildman–Crippen MR) is 120 cm³/mol. The van der Waals surface area contributed by atoms with Crippen LogP contribution in [-0.2, 0) is 11.3 Å². The molecule has 0 saturated heterocycles. The Labute approximate surface area is 174 Å². The number of guanidine groups is 1. The number of aliphatic imine (C=N–C) groups is 1. The van der Waals surface area contributed by atoms with Crippen molar-refractivity contribution in [1.82, 2.24) is 10.6 Å². The number of rotatable bonds is 7. The molecule has 1 aliphatic rings. The van der Waals surface area contributed by atoms with Crippen molar-refractivity contribution < 1.29 is 4.79 Å². The minimum atomic E-state index is 0.143. The Morgan fingerprint density at radius 2 is 1.90 bits per heavy atom. The molecule has 0 spiro atoms. The Morgan fingerprint density at radius 1 is 1.14 bits per heavy atom. The summed E-state index contributed by atoms with van der Waals surface area (Å²) in [7, 11) is 1.78. The predicted octanol–water partition coefficient (Wildman–Crippen LogP) is 4.20. The van der Waals surface area contributed by atoms with E-state index in [9.17, 15) is 4.79 Å². The fourth-order valence-corrected chi connectivity index (χ4v) is 3.34. The highest BCUT2D eigenvalue weighted by molar-refractivity contribution is 5.93. The summed E-state index contributed by atoms with van der Waals surface area (Å²) in [6, 6.07) is 16.6. The Bertz CT molecular complexity index is 840. The zero-order chi connectivity index (χ0) is 20.6. The maximum atomic E-state index is 12.1. The van der Waals surface area contributed by atoms with Crippen molar-refractivity contribution in [2.45, 2.75) is 45.6 Å². The van der Waals surface area contributed by atoms with Gasteiger partial charge in [0, 0.05) is 31.7 Å². The van der Waals surface area contributed by atoms with Crippen LogP contribution in [0, 0.1) is 12.8 Å². The van der Waals surface area contributed by atoms with E-state index in [0.29, 0.717) is 12.5 Å². The molecule has 0 bridgehead atoms. The number of nitrogens with one attached hydrogen (secondary N) is 3. The Hall–Kier alpha value is -2.82. The SMILES string of the molecule is CN=C(NCc1cccc(NC(=O)C2CCC2)c1)NCC(C)c1ccc(C)cc1. The van der Waals surface area contributed by atoms with Crippen molar-refractivity contribution in [3.05, 3.63) is 65.2 Å². The van der Waals surface area contributed by atoms with Crippen molar-refractivity contribution >= 4 is 17.6 Å². The fraction of sp³-hybridized carbons (Fsp3) is 0.417. The van der Waals surface area contributed by atoms with E-state index in [-0.39, 0.29) is 11.8 Å². The standard InChI is InChI=1S/C24H32N4O/c1-17-10-12-20(13-11-17)18(2)15-26-24(25-3)27-16-19-6-4-9-22(14-19)28-23(29)21-7-5-8-21/h4,6,9-14,18,21H,5,7-8,15-16H2,1-3H3,(H,28,29)(H2,25,26,27). The van der Waals surface area contributed by atoms with Crippen molar-refractivity contribution in [2.75, 3.05) is 18.9 Å². The van der Waals surface area contributed by atoms with E-state index in [1.165, 1.54) is 11.1 Å². The molecule has 2 aromatic carbocycles. The van der Waals surface area contributed by atoms with Crippen molar-refractivity contribution in [2.24, 2.45) is 10.9 Å². The first-order chi connectivity index (χ1) is 14.0. The molecule has 29 heavy (non-hydrogen) atoms. The van der Waals surface area contributed by atoms with E-state index in [4.69, 9.17) is 0 Å². The summed E-state index contributed by atoms with van der Waals surface area (Å²) >= 11 is 0. The van der Waals surface area contributed by atoms with Gasteiger partial charge in [0.1, 0.15) is 0 Å². The summed E-state index contributed by atoms with van der Waals surface area (Å²) in [5.74, 6) is 1.49. The summed E-state index contributed by atoms with van der Waals surface area (Å²) in [5.41, 5.74) is 4.55. The number of nitrogens with zero attached hydrogens (tertiary/aromatic N) is 1. The van der Waals surface area contributed by atoms with Crippen molar-refractivity contribution in [1.29, 1.82) is 0 Å². The Balaban J connectivity index is 1.48. The fourth-order valence-electron chi connectivity index (χ4n) is 3.34. The maximum Gasteiger partial charge on any atom is 0.227 e. The summed E-state index contributed by atoms with van der Waals surface area (Å²) in [6.07, 6.45) is 3.18. The van der Waals surface area contributed by atoms with Gasteiger partial charge in [0.15, 0.2) is 5.96 Å².